The van der Waals surface area contributed by atoms with Crippen molar-refractivity contribution >= 4 is 11.9 Å². The summed E-state index contributed by atoms with van der Waals surface area (Å²) in [7, 11) is 0. The van der Waals surface area contributed by atoms with Crippen molar-refractivity contribution in [2.75, 3.05) is 6.61 Å². The van der Waals surface area contributed by atoms with Crippen LogP contribution in [0.2, 0.25) is 0 Å². The van der Waals surface area contributed by atoms with Crippen LogP contribution in [0.25, 0.3) is 0 Å². The number of carboxylic acids is 2. The van der Waals surface area contributed by atoms with Crippen molar-refractivity contribution in [3.63, 3.8) is 0 Å². The molecule has 0 aliphatic rings. The van der Waals surface area contributed by atoms with Crippen LogP contribution in [0.15, 0.2) is 18.2 Å². The van der Waals surface area contributed by atoms with Crippen molar-refractivity contribution in [2.24, 2.45) is 0 Å². The van der Waals surface area contributed by atoms with E-state index in [2.05, 4.69) is 19.1 Å². The topological polar surface area (TPSA) is 83.8 Å². The summed E-state index contributed by atoms with van der Waals surface area (Å²) < 4.78 is 5.88. The van der Waals surface area contributed by atoms with Gasteiger partial charge in [-0.25, -0.2) is 0 Å². The van der Waals surface area contributed by atoms with Crippen molar-refractivity contribution in [1.82, 2.24) is 0 Å². The van der Waals surface area contributed by atoms with Crippen LogP contribution in [0.4, 0.5) is 0 Å². The van der Waals surface area contributed by atoms with Gasteiger partial charge in [0.2, 0.25) is 0 Å². The van der Waals surface area contributed by atoms with E-state index < -0.39 is 11.9 Å². The second-order valence-electron chi connectivity index (χ2n) is 7.04. The Kier molecular flexibility index (Phi) is 12.0. The maximum Gasteiger partial charge on any atom is 0.303 e. The van der Waals surface area contributed by atoms with Crippen molar-refractivity contribution in [2.45, 2.75) is 84.0 Å². The van der Waals surface area contributed by atoms with Gasteiger partial charge >= 0.3 is 11.9 Å². The van der Waals surface area contributed by atoms with Gasteiger partial charge in [0.15, 0.2) is 0 Å². The van der Waals surface area contributed by atoms with Gasteiger partial charge in [-0.1, -0.05) is 32.3 Å². The summed E-state index contributed by atoms with van der Waals surface area (Å²) in [5.74, 6) is -0.641. The summed E-state index contributed by atoms with van der Waals surface area (Å²) >= 11 is 0. The lowest BCUT2D eigenvalue weighted by molar-refractivity contribution is -0.138. The number of hydrogen-bond acceptors (Lipinski definition) is 3. The van der Waals surface area contributed by atoms with E-state index in [1.807, 2.05) is 6.07 Å². The molecule has 2 N–H and O–H groups in total. The second kappa shape index (κ2) is 14.1. The van der Waals surface area contributed by atoms with E-state index in [1.165, 1.54) is 30.4 Å². The number of unbranched alkanes of at least 4 members (excludes halogenated alkanes) is 5. The molecule has 0 aliphatic heterocycles. The van der Waals surface area contributed by atoms with E-state index in [4.69, 9.17) is 14.9 Å². The molecule has 1 aromatic carbocycles. The lowest BCUT2D eigenvalue weighted by Gasteiger charge is -2.13. The van der Waals surface area contributed by atoms with Crippen LogP contribution < -0.4 is 4.74 Å². The predicted molar refractivity (Wildman–Crippen MR) is 106 cm³/mol. The summed E-state index contributed by atoms with van der Waals surface area (Å²) in [6.45, 7) is 2.91. The van der Waals surface area contributed by atoms with Crippen LogP contribution in [0, 0.1) is 0 Å². The molecule has 27 heavy (non-hydrogen) atoms. The number of rotatable bonds is 16. The molecule has 0 saturated carbocycles. The average molecular weight is 379 g/mol. The summed E-state index contributed by atoms with van der Waals surface area (Å²) in [6, 6.07) is 6.15. The lowest BCUT2D eigenvalue weighted by atomic mass is 9.96. The Morgan fingerprint density at radius 3 is 2.04 bits per heavy atom. The molecule has 0 radical (unpaired) electrons. The van der Waals surface area contributed by atoms with Crippen molar-refractivity contribution < 1.29 is 24.5 Å². The van der Waals surface area contributed by atoms with Gasteiger partial charge in [-0.05, 0) is 68.2 Å². The fraction of sp³-hybridized carbons (Fsp3) is 0.636. The van der Waals surface area contributed by atoms with E-state index in [0.717, 1.165) is 44.5 Å². The summed E-state index contributed by atoms with van der Waals surface area (Å²) in [6.07, 6.45) is 9.74. The van der Waals surface area contributed by atoms with Crippen LogP contribution in [0.3, 0.4) is 0 Å². The number of ether oxygens (including phenoxy) is 1. The standard InChI is InChI=1S/C22H34O5/c1-2-3-4-9-16-27-20-15-14-18(10-5-7-12-21(23)24)19(17-20)11-6-8-13-22(25)26/h14-15,17H,2-13,16H2,1H3,(H,23,24)(H,25,26). The minimum Gasteiger partial charge on any atom is -0.494 e. The normalized spacial score (nSPS) is 10.7. The highest BCUT2D eigenvalue weighted by molar-refractivity contribution is 5.66. The Bertz CT molecular complexity index is 568. The molecule has 0 aliphatic carbocycles. The van der Waals surface area contributed by atoms with E-state index in [-0.39, 0.29) is 12.8 Å². The monoisotopic (exact) mass is 378 g/mol. The van der Waals surface area contributed by atoms with Gasteiger partial charge in [0.05, 0.1) is 6.61 Å². The predicted octanol–water partition coefficient (Wildman–Crippen LogP) is 5.24. The molecule has 1 aromatic rings. The SMILES string of the molecule is CCCCCCOc1ccc(CCCCC(=O)O)c(CCCCC(=O)O)c1. The molecule has 5 heteroatoms. The summed E-state index contributed by atoms with van der Waals surface area (Å²) in [5.41, 5.74) is 2.41. The Labute approximate surface area is 162 Å². The van der Waals surface area contributed by atoms with Crippen molar-refractivity contribution in [3.05, 3.63) is 29.3 Å². The zero-order valence-electron chi connectivity index (χ0n) is 16.5. The first-order valence-corrected chi connectivity index (χ1v) is 10.2. The van der Waals surface area contributed by atoms with Crippen molar-refractivity contribution in [3.8, 4) is 5.75 Å². The molecule has 152 valence electrons. The minimum atomic E-state index is -0.756. The third-order valence-electron chi connectivity index (χ3n) is 4.62. The summed E-state index contributed by atoms with van der Waals surface area (Å²) in [5, 5.41) is 17.5. The highest BCUT2D eigenvalue weighted by atomic mass is 16.5. The van der Waals surface area contributed by atoms with Gasteiger partial charge < -0.3 is 14.9 Å². The molecule has 5 nitrogen and oxygen atoms in total. The average Bonchev–Trinajstić information content (AvgIpc) is 2.63. The zero-order chi connectivity index (χ0) is 19.9. The first-order chi connectivity index (χ1) is 13.0. The maximum absolute atomic E-state index is 10.7. The number of carbonyl (C=O) groups is 2. The number of aryl methyl sites for hydroxylation is 2. The molecule has 0 heterocycles. The quantitative estimate of drug-likeness (QED) is 0.384. The highest BCUT2D eigenvalue weighted by Gasteiger charge is 2.07. The fourth-order valence-corrected chi connectivity index (χ4v) is 3.07. The number of hydrogen-bond donors (Lipinski definition) is 2. The number of benzene rings is 1. The third-order valence-corrected chi connectivity index (χ3v) is 4.62. The van der Waals surface area contributed by atoms with Crippen LogP contribution >= 0.6 is 0 Å². The van der Waals surface area contributed by atoms with Gasteiger partial charge in [-0.2, -0.15) is 0 Å². The largest absolute Gasteiger partial charge is 0.494 e. The third kappa shape index (κ3) is 11.3. The van der Waals surface area contributed by atoms with Crippen molar-refractivity contribution in [1.29, 1.82) is 0 Å². The second-order valence-corrected chi connectivity index (χ2v) is 7.04. The number of carboxylic acid groups (broad SMARTS) is 2. The van der Waals surface area contributed by atoms with Crippen LogP contribution in [0.1, 0.15) is 82.3 Å². The van der Waals surface area contributed by atoms with Crippen LogP contribution in [-0.2, 0) is 22.4 Å². The minimum absolute atomic E-state index is 0.196. The van der Waals surface area contributed by atoms with Crippen LogP contribution in [-0.4, -0.2) is 28.8 Å². The van der Waals surface area contributed by atoms with Gasteiger partial charge in [0, 0.05) is 12.8 Å². The first-order valence-electron chi connectivity index (χ1n) is 10.2. The lowest BCUT2D eigenvalue weighted by Crippen LogP contribution is -2.02. The maximum atomic E-state index is 10.7. The van der Waals surface area contributed by atoms with Gasteiger partial charge in [0.25, 0.3) is 0 Å². The van der Waals surface area contributed by atoms with E-state index >= 15 is 0 Å². The Hall–Kier alpha value is -2.04. The molecule has 1 rings (SSSR count). The van der Waals surface area contributed by atoms with E-state index in [1.54, 1.807) is 0 Å². The first kappa shape index (κ1) is 23.0. The molecule has 0 fully saturated rings. The Balaban J connectivity index is 2.60. The Morgan fingerprint density at radius 2 is 1.44 bits per heavy atom. The zero-order valence-corrected chi connectivity index (χ0v) is 16.5. The Morgan fingerprint density at radius 1 is 0.815 bits per heavy atom. The van der Waals surface area contributed by atoms with E-state index in [0.29, 0.717) is 12.8 Å². The fourth-order valence-electron chi connectivity index (χ4n) is 3.07. The highest BCUT2D eigenvalue weighted by Crippen LogP contribution is 2.22. The number of aliphatic carboxylic acids is 2. The molecular weight excluding hydrogens is 344 g/mol. The molecule has 0 aromatic heterocycles. The molecule has 0 unspecified atom stereocenters. The molecule has 0 spiro atoms. The molecular formula is C22H34O5. The molecule has 0 amide bonds. The van der Waals surface area contributed by atoms with E-state index in [9.17, 15) is 9.59 Å². The molecule has 0 atom stereocenters. The smallest absolute Gasteiger partial charge is 0.303 e. The van der Waals surface area contributed by atoms with Gasteiger partial charge in [-0.15, -0.1) is 0 Å². The summed E-state index contributed by atoms with van der Waals surface area (Å²) in [4.78, 5) is 21.3. The molecule has 0 saturated heterocycles. The van der Waals surface area contributed by atoms with Gasteiger partial charge in [-0.3, -0.25) is 9.59 Å². The van der Waals surface area contributed by atoms with Crippen LogP contribution in [0.5, 0.6) is 5.75 Å². The molecule has 0 bridgehead atoms. The van der Waals surface area contributed by atoms with Gasteiger partial charge in [0.1, 0.15) is 5.75 Å².